The van der Waals surface area contributed by atoms with Crippen LogP contribution in [-0.4, -0.2) is 93.5 Å². The van der Waals surface area contributed by atoms with E-state index in [1.165, 1.54) is 0 Å². The van der Waals surface area contributed by atoms with Crippen molar-refractivity contribution in [1.82, 2.24) is 0 Å². The summed E-state index contributed by atoms with van der Waals surface area (Å²) in [4.78, 5) is 0. The van der Waals surface area contributed by atoms with Crippen LogP contribution >= 0.6 is 0 Å². The van der Waals surface area contributed by atoms with Crippen molar-refractivity contribution in [2.45, 2.75) is 13.8 Å². The Morgan fingerprint density at radius 3 is 0.913 bits per heavy atom. The molecule has 0 bridgehead atoms. The van der Waals surface area contributed by atoms with Gasteiger partial charge in [-0.2, -0.15) is 0 Å². The molecule has 0 aliphatic rings. The lowest BCUT2D eigenvalue weighted by atomic mass is 10.7. The molecule has 7 heteroatoms. The summed E-state index contributed by atoms with van der Waals surface area (Å²) in [5.41, 5.74) is 0. The van der Waals surface area contributed by atoms with Crippen molar-refractivity contribution in [3.05, 3.63) is 0 Å². The Balaban J connectivity index is 0. The van der Waals surface area contributed by atoms with Gasteiger partial charge in [0.15, 0.2) is 0 Å². The van der Waals surface area contributed by atoms with E-state index in [2.05, 4.69) is 0 Å². The minimum Gasteiger partial charge on any atom is -0.382 e. The molecular formula is C16H36O7. The van der Waals surface area contributed by atoms with E-state index in [1.54, 1.807) is 14.2 Å². The summed E-state index contributed by atoms with van der Waals surface area (Å²) in [6, 6.07) is 0. The summed E-state index contributed by atoms with van der Waals surface area (Å²) < 4.78 is 35.3. The molecule has 0 amide bonds. The molecule has 0 aromatic heterocycles. The van der Waals surface area contributed by atoms with Crippen molar-refractivity contribution in [3.63, 3.8) is 0 Å². The fraction of sp³-hybridized carbons (Fsp3) is 1.00. The van der Waals surface area contributed by atoms with Crippen molar-refractivity contribution in [2.24, 2.45) is 0 Å². The minimum atomic E-state index is 0.624. The van der Waals surface area contributed by atoms with Crippen LogP contribution in [0, 0.1) is 0 Å². The van der Waals surface area contributed by atoms with Crippen molar-refractivity contribution in [2.75, 3.05) is 93.5 Å². The zero-order valence-electron chi connectivity index (χ0n) is 15.3. The molecule has 0 unspecified atom stereocenters. The Bertz CT molecular complexity index is 164. The van der Waals surface area contributed by atoms with Gasteiger partial charge in [0.2, 0.25) is 0 Å². The second-order valence-electron chi connectivity index (χ2n) is 4.22. The smallest absolute Gasteiger partial charge is 0.0701 e. The third-order valence-electron chi connectivity index (χ3n) is 2.39. The SMILES string of the molecule is CCOCCOCCOCCOCC.COCCOCCOC. The predicted octanol–water partition coefficient (Wildman–Crippen LogP) is 1.39. The average Bonchev–Trinajstić information content (AvgIpc) is 2.57. The van der Waals surface area contributed by atoms with Crippen molar-refractivity contribution in [1.29, 1.82) is 0 Å². The Hall–Kier alpha value is -0.280. The lowest BCUT2D eigenvalue weighted by Crippen LogP contribution is -2.11. The fourth-order valence-electron chi connectivity index (χ4n) is 1.23. The molecule has 0 rings (SSSR count). The Kier molecular flexibility index (Phi) is 28.9. The van der Waals surface area contributed by atoms with Gasteiger partial charge in [-0.25, -0.2) is 0 Å². The van der Waals surface area contributed by atoms with E-state index >= 15 is 0 Å². The molecular weight excluding hydrogens is 304 g/mol. The van der Waals surface area contributed by atoms with Crippen LogP contribution in [0.25, 0.3) is 0 Å². The van der Waals surface area contributed by atoms with Crippen molar-refractivity contribution < 1.29 is 33.2 Å². The fourth-order valence-corrected chi connectivity index (χ4v) is 1.23. The number of hydrogen-bond donors (Lipinski definition) is 0. The first kappa shape index (κ1) is 25.0. The molecule has 0 fully saturated rings. The van der Waals surface area contributed by atoms with Gasteiger partial charge in [-0.05, 0) is 13.8 Å². The van der Waals surface area contributed by atoms with Gasteiger partial charge < -0.3 is 33.2 Å². The van der Waals surface area contributed by atoms with Crippen LogP contribution in [0.15, 0.2) is 0 Å². The summed E-state index contributed by atoms with van der Waals surface area (Å²) in [7, 11) is 3.30. The van der Waals surface area contributed by atoms with Gasteiger partial charge in [-0.3, -0.25) is 0 Å². The molecule has 0 spiro atoms. The highest BCUT2D eigenvalue weighted by molar-refractivity contribution is 4.33. The normalized spacial score (nSPS) is 10.4. The van der Waals surface area contributed by atoms with Crippen LogP contribution in [0.1, 0.15) is 13.8 Å². The average molecular weight is 340 g/mol. The second kappa shape index (κ2) is 26.6. The molecule has 0 aliphatic heterocycles. The van der Waals surface area contributed by atoms with Crippen LogP contribution in [0.5, 0.6) is 0 Å². The number of ether oxygens (including phenoxy) is 7. The Morgan fingerprint density at radius 1 is 0.391 bits per heavy atom. The maximum Gasteiger partial charge on any atom is 0.0701 e. The highest BCUT2D eigenvalue weighted by Crippen LogP contribution is 1.82. The highest BCUT2D eigenvalue weighted by atomic mass is 16.6. The third kappa shape index (κ3) is 30.2. The van der Waals surface area contributed by atoms with E-state index in [4.69, 9.17) is 33.2 Å². The van der Waals surface area contributed by atoms with E-state index in [0.29, 0.717) is 66.1 Å². The van der Waals surface area contributed by atoms with Crippen molar-refractivity contribution >= 4 is 0 Å². The van der Waals surface area contributed by atoms with E-state index < -0.39 is 0 Å². The van der Waals surface area contributed by atoms with Gasteiger partial charge in [-0.1, -0.05) is 0 Å². The molecule has 0 aromatic rings. The first-order valence-corrected chi connectivity index (χ1v) is 8.19. The van der Waals surface area contributed by atoms with Gasteiger partial charge >= 0.3 is 0 Å². The van der Waals surface area contributed by atoms with Gasteiger partial charge in [0, 0.05) is 27.4 Å². The molecule has 0 N–H and O–H groups in total. The first-order valence-electron chi connectivity index (χ1n) is 8.19. The maximum atomic E-state index is 5.25. The second-order valence-corrected chi connectivity index (χ2v) is 4.22. The maximum absolute atomic E-state index is 5.25. The summed E-state index contributed by atoms with van der Waals surface area (Å²) in [6.45, 7) is 11.9. The topological polar surface area (TPSA) is 64.6 Å². The van der Waals surface area contributed by atoms with Gasteiger partial charge in [0.25, 0.3) is 0 Å². The minimum absolute atomic E-state index is 0.624. The molecule has 0 radical (unpaired) electrons. The van der Waals surface area contributed by atoms with Crippen LogP contribution in [-0.2, 0) is 33.2 Å². The van der Waals surface area contributed by atoms with E-state index in [1.807, 2.05) is 13.8 Å². The Morgan fingerprint density at radius 2 is 0.652 bits per heavy atom. The number of methoxy groups -OCH3 is 2. The van der Waals surface area contributed by atoms with Gasteiger partial charge in [0.1, 0.15) is 0 Å². The Labute approximate surface area is 141 Å². The summed E-state index contributed by atoms with van der Waals surface area (Å²) in [6.07, 6.45) is 0. The lowest BCUT2D eigenvalue weighted by molar-refractivity contribution is 0.000930. The largest absolute Gasteiger partial charge is 0.382 e. The lowest BCUT2D eigenvalue weighted by Gasteiger charge is -2.05. The van der Waals surface area contributed by atoms with Crippen LogP contribution in [0.2, 0.25) is 0 Å². The van der Waals surface area contributed by atoms with Gasteiger partial charge in [0.05, 0.1) is 66.1 Å². The molecule has 7 nitrogen and oxygen atoms in total. The standard InChI is InChI=1S/C10H22O4.C6H14O3/c1-3-11-5-7-13-9-10-14-8-6-12-4-2;1-7-3-5-9-6-4-8-2/h3-10H2,1-2H3;3-6H2,1-2H3. The molecule has 0 saturated heterocycles. The monoisotopic (exact) mass is 340 g/mol. The predicted molar refractivity (Wildman–Crippen MR) is 89.2 cm³/mol. The first-order chi connectivity index (χ1) is 11.3. The zero-order chi connectivity index (χ0) is 17.4. The van der Waals surface area contributed by atoms with E-state index in [0.717, 1.165) is 13.2 Å². The van der Waals surface area contributed by atoms with Gasteiger partial charge in [-0.15, -0.1) is 0 Å². The molecule has 142 valence electrons. The van der Waals surface area contributed by atoms with Crippen LogP contribution in [0.4, 0.5) is 0 Å². The molecule has 0 saturated carbocycles. The summed E-state index contributed by atoms with van der Waals surface area (Å²) in [5.74, 6) is 0. The zero-order valence-corrected chi connectivity index (χ0v) is 15.3. The molecule has 23 heavy (non-hydrogen) atoms. The molecule has 0 aliphatic carbocycles. The van der Waals surface area contributed by atoms with E-state index in [9.17, 15) is 0 Å². The van der Waals surface area contributed by atoms with Crippen LogP contribution < -0.4 is 0 Å². The number of rotatable bonds is 17. The molecule has 0 atom stereocenters. The van der Waals surface area contributed by atoms with Crippen molar-refractivity contribution in [3.8, 4) is 0 Å². The van der Waals surface area contributed by atoms with Crippen LogP contribution in [0.3, 0.4) is 0 Å². The highest BCUT2D eigenvalue weighted by Gasteiger charge is 1.90. The third-order valence-corrected chi connectivity index (χ3v) is 2.39. The molecule has 0 heterocycles. The quantitative estimate of drug-likeness (QED) is 0.371. The summed E-state index contributed by atoms with van der Waals surface area (Å²) >= 11 is 0. The number of hydrogen-bond acceptors (Lipinski definition) is 7. The summed E-state index contributed by atoms with van der Waals surface area (Å²) in [5, 5.41) is 0. The molecule has 0 aromatic carbocycles. The van der Waals surface area contributed by atoms with E-state index in [-0.39, 0.29) is 0 Å².